The van der Waals surface area contributed by atoms with Crippen LogP contribution >= 0.6 is 0 Å². The number of carbonyl (C=O) groups is 1. The molecule has 8 nitrogen and oxygen atoms in total. The van der Waals surface area contributed by atoms with E-state index >= 15 is 0 Å². The third-order valence-electron chi connectivity index (χ3n) is 6.19. The zero-order chi connectivity index (χ0) is 27.6. The Bertz CT molecular complexity index is 1220. The molecule has 1 amide bonds. The Kier molecular flexibility index (Phi) is 10.4. The van der Waals surface area contributed by atoms with Gasteiger partial charge >= 0.3 is 6.09 Å². The van der Waals surface area contributed by atoms with Crippen molar-refractivity contribution in [3.8, 4) is 11.5 Å². The highest BCUT2D eigenvalue weighted by Crippen LogP contribution is 2.32. The fraction of sp³-hybridized carbons (Fsp3) is 0.367. The number of fused-ring (bicyclic) bond motifs is 1. The van der Waals surface area contributed by atoms with Crippen LogP contribution in [0.5, 0.6) is 11.5 Å². The number of nitrogens with zero attached hydrogens (tertiary/aromatic N) is 1. The van der Waals surface area contributed by atoms with E-state index in [4.69, 9.17) is 14.2 Å². The molecule has 2 N–H and O–H groups in total. The summed E-state index contributed by atoms with van der Waals surface area (Å²) in [6.45, 7) is 5.65. The third kappa shape index (κ3) is 8.54. The first-order valence-electron chi connectivity index (χ1n) is 13.1. The van der Waals surface area contributed by atoms with Crippen molar-refractivity contribution in [3.05, 3.63) is 90.0 Å². The van der Waals surface area contributed by atoms with Gasteiger partial charge in [0, 0.05) is 19.2 Å². The molecule has 3 aromatic rings. The molecule has 39 heavy (non-hydrogen) atoms. The summed E-state index contributed by atoms with van der Waals surface area (Å²) < 4.78 is 32.1. The van der Waals surface area contributed by atoms with Gasteiger partial charge in [0.1, 0.15) is 30.8 Å². The average Bonchev–Trinajstić information content (AvgIpc) is 2.95. The number of nitrogens with one attached hydrogen (secondary N) is 1. The van der Waals surface area contributed by atoms with Crippen molar-refractivity contribution >= 4 is 17.1 Å². The fourth-order valence-electron chi connectivity index (χ4n) is 4.30. The van der Waals surface area contributed by atoms with Gasteiger partial charge in [-0.05, 0) is 35.6 Å². The Morgan fingerprint density at radius 2 is 1.59 bits per heavy atom. The maximum absolute atomic E-state index is 13.7. The van der Waals surface area contributed by atoms with Gasteiger partial charge in [0.25, 0.3) is 0 Å². The number of aliphatic hydroxyl groups excluding tert-OH is 1. The third-order valence-corrected chi connectivity index (χ3v) is 7.61. The molecule has 3 atom stereocenters. The van der Waals surface area contributed by atoms with E-state index in [1.807, 2.05) is 74.5 Å². The lowest BCUT2D eigenvalue weighted by atomic mass is 10.0. The molecule has 1 aliphatic heterocycles. The van der Waals surface area contributed by atoms with E-state index in [9.17, 15) is 14.1 Å². The predicted octanol–water partition coefficient (Wildman–Crippen LogP) is 4.34. The smallest absolute Gasteiger partial charge is 0.407 e. The minimum absolute atomic E-state index is 0.0791. The van der Waals surface area contributed by atoms with Crippen LogP contribution in [0.2, 0.25) is 0 Å². The van der Waals surface area contributed by atoms with Crippen LogP contribution in [0.3, 0.4) is 0 Å². The molecule has 1 unspecified atom stereocenters. The summed E-state index contributed by atoms with van der Waals surface area (Å²) in [5.74, 6) is 1.37. The van der Waals surface area contributed by atoms with Gasteiger partial charge < -0.3 is 24.6 Å². The summed E-state index contributed by atoms with van der Waals surface area (Å²) in [5, 5.41) is 14.2. The maximum atomic E-state index is 13.7. The molecule has 208 valence electrons. The highest BCUT2D eigenvalue weighted by Gasteiger charge is 2.28. The van der Waals surface area contributed by atoms with Crippen molar-refractivity contribution in [3.63, 3.8) is 0 Å². The second-order valence-corrected chi connectivity index (χ2v) is 11.4. The number of hydrogen-bond donors (Lipinski definition) is 2. The highest BCUT2D eigenvalue weighted by molar-refractivity contribution is 7.82. The Hall–Kier alpha value is -3.40. The van der Waals surface area contributed by atoms with Crippen LogP contribution in [0.1, 0.15) is 25.0 Å². The van der Waals surface area contributed by atoms with Crippen molar-refractivity contribution in [1.29, 1.82) is 0 Å². The van der Waals surface area contributed by atoms with Crippen molar-refractivity contribution in [2.75, 3.05) is 26.3 Å². The van der Waals surface area contributed by atoms with Gasteiger partial charge in [0.15, 0.2) is 11.5 Å². The summed E-state index contributed by atoms with van der Waals surface area (Å²) in [5.41, 5.74) is 1.82. The lowest BCUT2D eigenvalue weighted by Gasteiger charge is -2.30. The summed E-state index contributed by atoms with van der Waals surface area (Å²) in [6.07, 6.45) is -1.26. The summed E-state index contributed by atoms with van der Waals surface area (Å²) in [6, 6.07) is 23.6. The zero-order valence-electron chi connectivity index (χ0n) is 22.3. The van der Waals surface area contributed by atoms with Gasteiger partial charge in [-0.25, -0.2) is 13.3 Å². The van der Waals surface area contributed by atoms with Crippen LogP contribution in [0.15, 0.2) is 83.8 Å². The van der Waals surface area contributed by atoms with Crippen molar-refractivity contribution < 1.29 is 28.3 Å². The molecule has 0 aromatic heterocycles. The molecule has 1 aliphatic rings. The van der Waals surface area contributed by atoms with Crippen LogP contribution in [-0.4, -0.2) is 58.2 Å². The molecule has 3 aromatic carbocycles. The van der Waals surface area contributed by atoms with Gasteiger partial charge in [-0.1, -0.05) is 74.5 Å². The summed E-state index contributed by atoms with van der Waals surface area (Å²) >= 11 is 0. The normalized spacial score (nSPS) is 15.0. The molecule has 4 rings (SSSR count). The molecule has 0 radical (unpaired) electrons. The molecule has 9 heteroatoms. The molecule has 0 aliphatic carbocycles. The SMILES string of the molecule is CC(C)CN(C[C@@H](O)[C@H](Cc1ccccc1)NC(=O)OCc1ccccc1)S(=O)c1ccc2c(c1)OCCO2. The first-order valence-corrected chi connectivity index (χ1v) is 14.3. The zero-order valence-corrected chi connectivity index (χ0v) is 23.1. The Morgan fingerprint density at radius 1 is 0.949 bits per heavy atom. The Labute approximate surface area is 232 Å². The minimum Gasteiger partial charge on any atom is -0.486 e. The van der Waals surface area contributed by atoms with E-state index < -0.39 is 29.2 Å². The van der Waals surface area contributed by atoms with Crippen LogP contribution in [0.4, 0.5) is 4.79 Å². The Balaban J connectivity index is 1.48. The second-order valence-electron chi connectivity index (χ2n) is 9.87. The number of rotatable bonds is 12. The van der Waals surface area contributed by atoms with Crippen LogP contribution in [0.25, 0.3) is 0 Å². The molecule has 0 fully saturated rings. The summed E-state index contributed by atoms with van der Waals surface area (Å²) in [7, 11) is -1.57. The number of aliphatic hydroxyl groups is 1. The van der Waals surface area contributed by atoms with E-state index in [-0.39, 0.29) is 19.1 Å². The van der Waals surface area contributed by atoms with Crippen LogP contribution < -0.4 is 14.8 Å². The average molecular weight is 553 g/mol. The topological polar surface area (TPSA) is 97.3 Å². The molecule has 0 saturated carbocycles. The molecular weight excluding hydrogens is 516 g/mol. The molecule has 0 saturated heterocycles. The number of alkyl carbamates (subject to hydrolysis) is 1. The highest BCUT2D eigenvalue weighted by atomic mass is 32.2. The molecule has 0 spiro atoms. The van der Waals surface area contributed by atoms with E-state index in [2.05, 4.69) is 5.32 Å². The lowest BCUT2D eigenvalue weighted by molar-refractivity contribution is 0.0883. The molecule has 1 heterocycles. The van der Waals surface area contributed by atoms with Crippen molar-refractivity contribution in [2.24, 2.45) is 5.92 Å². The second kappa shape index (κ2) is 14.1. The minimum atomic E-state index is -1.57. The number of benzene rings is 3. The van der Waals surface area contributed by atoms with E-state index in [1.165, 1.54) is 0 Å². The van der Waals surface area contributed by atoms with Gasteiger partial charge in [0.05, 0.1) is 17.0 Å². The van der Waals surface area contributed by atoms with Crippen LogP contribution in [0, 0.1) is 5.92 Å². The van der Waals surface area contributed by atoms with E-state index in [1.54, 1.807) is 22.5 Å². The maximum Gasteiger partial charge on any atom is 0.407 e. The van der Waals surface area contributed by atoms with Crippen molar-refractivity contribution in [2.45, 2.75) is 43.9 Å². The van der Waals surface area contributed by atoms with E-state index in [0.29, 0.717) is 42.6 Å². The largest absolute Gasteiger partial charge is 0.486 e. The van der Waals surface area contributed by atoms with Gasteiger partial charge in [-0.3, -0.25) is 0 Å². The Morgan fingerprint density at radius 3 is 2.26 bits per heavy atom. The van der Waals surface area contributed by atoms with Crippen molar-refractivity contribution in [1.82, 2.24) is 9.62 Å². The fourth-order valence-corrected chi connectivity index (χ4v) is 5.71. The standard InChI is InChI=1S/C30H36N2O6S/c1-22(2)19-32(39(35)25-13-14-28-29(18-25)37-16-15-36-28)20-27(33)26(17-23-9-5-3-6-10-23)31-30(34)38-21-24-11-7-4-8-12-24/h3-14,18,22,26-27,33H,15-17,19-21H2,1-2H3,(H,31,34)/t26-,27+,39?/m0/s1. The quantitative estimate of drug-likeness (QED) is 0.347. The lowest BCUT2D eigenvalue weighted by Crippen LogP contribution is -2.50. The van der Waals surface area contributed by atoms with Gasteiger partial charge in [-0.2, -0.15) is 0 Å². The molecule has 0 bridgehead atoms. The summed E-state index contributed by atoms with van der Waals surface area (Å²) in [4.78, 5) is 13.3. The number of hydrogen-bond acceptors (Lipinski definition) is 6. The van der Waals surface area contributed by atoms with Gasteiger partial charge in [-0.15, -0.1) is 0 Å². The van der Waals surface area contributed by atoms with Gasteiger partial charge in [0.2, 0.25) is 0 Å². The van der Waals surface area contributed by atoms with E-state index in [0.717, 1.165) is 11.1 Å². The first-order chi connectivity index (χ1) is 18.9. The molecular formula is C30H36N2O6S. The number of amides is 1. The number of ether oxygens (including phenoxy) is 3. The predicted molar refractivity (Wildman–Crippen MR) is 150 cm³/mol. The van der Waals surface area contributed by atoms with Crippen LogP contribution in [-0.2, 0) is 28.8 Å². The monoisotopic (exact) mass is 552 g/mol. The number of carbonyl (C=O) groups excluding carboxylic acids is 1. The first kappa shape index (κ1) is 28.6.